The van der Waals surface area contributed by atoms with E-state index in [-0.39, 0.29) is 5.75 Å². The molecule has 3 aromatic rings. The van der Waals surface area contributed by atoms with Gasteiger partial charge in [-0.25, -0.2) is 9.67 Å². The third-order valence-electron chi connectivity index (χ3n) is 3.56. The summed E-state index contributed by atoms with van der Waals surface area (Å²) in [7, 11) is 0. The lowest BCUT2D eigenvalue weighted by molar-refractivity contribution is 0.475. The van der Waals surface area contributed by atoms with E-state index in [4.69, 9.17) is 0 Å². The molecule has 0 amide bonds. The number of hydrogen-bond acceptors (Lipinski definition) is 3. The topological polar surface area (TPSA) is 50.9 Å². The van der Waals surface area contributed by atoms with Crippen molar-refractivity contribution in [2.24, 2.45) is 0 Å². The van der Waals surface area contributed by atoms with E-state index in [1.54, 1.807) is 12.1 Å². The standard InChI is InChI=1S/C19H18BrN3O/c1-2-13-23-19(16-5-3-4-6-17(16)24)21-18(22-23)12-9-14-7-10-15(20)11-8-14/h3-12,24H,2,13H2,1H3/b12-9+. The molecule has 24 heavy (non-hydrogen) atoms. The van der Waals surface area contributed by atoms with Gasteiger partial charge in [0.1, 0.15) is 5.75 Å². The molecular formula is C19H18BrN3O. The van der Waals surface area contributed by atoms with Crippen molar-refractivity contribution in [3.05, 3.63) is 64.4 Å². The minimum atomic E-state index is 0.214. The van der Waals surface area contributed by atoms with Crippen LogP contribution in [0.15, 0.2) is 53.0 Å². The number of benzene rings is 2. The molecule has 0 fully saturated rings. The Morgan fingerprint density at radius 2 is 1.83 bits per heavy atom. The summed E-state index contributed by atoms with van der Waals surface area (Å²) >= 11 is 3.43. The summed E-state index contributed by atoms with van der Waals surface area (Å²) in [6.45, 7) is 2.84. The maximum atomic E-state index is 10.1. The van der Waals surface area contributed by atoms with Crippen LogP contribution in [0.2, 0.25) is 0 Å². The molecule has 0 atom stereocenters. The van der Waals surface area contributed by atoms with Crippen LogP contribution in [0, 0.1) is 0 Å². The highest BCUT2D eigenvalue weighted by Crippen LogP contribution is 2.27. The van der Waals surface area contributed by atoms with Crippen LogP contribution in [-0.2, 0) is 6.54 Å². The predicted octanol–water partition coefficient (Wildman–Crippen LogP) is 4.99. The second kappa shape index (κ2) is 7.45. The van der Waals surface area contributed by atoms with E-state index in [0.717, 1.165) is 23.0 Å². The fourth-order valence-corrected chi connectivity index (χ4v) is 2.67. The van der Waals surface area contributed by atoms with Crippen LogP contribution in [0.1, 0.15) is 24.7 Å². The first-order chi connectivity index (χ1) is 11.7. The first-order valence-electron chi connectivity index (χ1n) is 7.84. The third kappa shape index (κ3) is 3.74. The lowest BCUT2D eigenvalue weighted by Crippen LogP contribution is -2.01. The summed E-state index contributed by atoms with van der Waals surface area (Å²) < 4.78 is 2.89. The van der Waals surface area contributed by atoms with Gasteiger partial charge >= 0.3 is 0 Å². The van der Waals surface area contributed by atoms with Gasteiger partial charge in [-0.15, -0.1) is 0 Å². The molecule has 0 aliphatic heterocycles. The van der Waals surface area contributed by atoms with Gasteiger partial charge < -0.3 is 5.11 Å². The highest BCUT2D eigenvalue weighted by molar-refractivity contribution is 9.10. The number of phenols is 1. The summed E-state index contributed by atoms with van der Waals surface area (Å²) in [5.74, 6) is 1.53. The van der Waals surface area contributed by atoms with Crippen LogP contribution < -0.4 is 0 Å². The molecular weight excluding hydrogens is 366 g/mol. The average Bonchev–Trinajstić information content (AvgIpc) is 2.98. The highest BCUT2D eigenvalue weighted by atomic mass is 79.9. The Labute approximate surface area is 149 Å². The minimum Gasteiger partial charge on any atom is -0.507 e. The van der Waals surface area contributed by atoms with Crippen molar-refractivity contribution >= 4 is 28.1 Å². The number of aromatic hydroxyl groups is 1. The fraction of sp³-hybridized carbons (Fsp3) is 0.158. The number of hydrogen-bond donors (Lipinski definition) is 1. The van der Waals surface area contributed by atoms with Gasteiger partial charge in [0, 0.05) is 11.0 Å². The largest absolute Gasteiger partial charge is 0.507 e. The van der Waals surface area contributed by atoms with E-state index in [1.165, 1.54) is 0 Å². The highest BCUT2D eigenvalue weighted by Gasteiger charge is 2.13. The summed E-state index contributed by atoms with van der Waals surface area (Å²) in [4.78, 5) is 4.59. The number of halogens is 1. The molecule has 0 spiro atoms. The first kappa shape index (κ1) is 16.5. The van der Waals surface area contributed by atoms with Gasteiger partial charge in [-0.1, -0.05) is 53.2 Å². The molecule has 0 radical (unpaired) electrons. The monoisotopic (exact) mass is 383 g/mol. The fourth-order valence-electron chi connectivity index (χ4n) is 2.40. The maximum absolute atomic E-state index is 10.1. The lowest BCUT2D eigenvalue weighted by atomic mass is 10.2. The molecule has 5 heteroatoms. The molecule has 0 saturated carbocycles. The number of aryl methyl sites for hydroxylation is 1. The Balaban J connectivity index is 1.94. The van der Waals surface area contributed by atoms with Crippen LogP contribution in [0.4, 0.5) is 0 Å². The van der Waals surface area contributed by atoms with E-state index in [9.17, 15) is 5.11 Å². The summed E-state index contributed by atoms with van der Waals surface area (Å²) in [6.07, 6.45) is 4.81. The molecule has 122 valence electrons. The molecule has 0 unspecified atom stereocenters. The lowest BCUT2D eigenvalue weighted by Gasteiger charge is -2.05. The summed E-state index contributed by atoms with van der Waals surface area (Å²) in [5.41, 5.74) is 1.77. The van der Waals surface area contributed by atoms with Crippen molar-refractivity contribution in [3.8, 4) is 17.1 Å². The molecule has 2 aromatic carbocycles. The number of aromatic nitrogens is 3. The van der Waals surface area contributed by atoms with Crippen molar-refractivity contribution < 1.29 is 5.11 Å². The molecule has 3 rings (SSSR count). The van der Waals surface area contributed by atoms with Gasteiger partial charge in [0.15, 0.2) is 11.6 Å². The van der Waals surface area contributed by atoms with Crippen LogP contribution >= 0.6 is 15.9 Å². The predicted molar refractivity (Wildman–Crippen MR) is 100 cm³/mol. The SMILES string of the molecule is CCCn1nc(/C=C/c2ccc(Br)cc2)nc1-c1ccccc1O. The molecule has 0 saturated heterocycles. The second-order valence-electron chi connectivity index (χ2n) is 5.42. The Morgan fingerprint density at radius 3 is 2.54 bits per heavy atom. The van der Waals surface area contributed by atoms with Crippen molar-refractivity contribution in [2.45, 2.75) is 19.9 Å². The quantitative estimate of drug-likeness (QED) is 0.674. The summed E-state index contributed by atoms with van der Waals surface area (Å²) in [5, 5.41) is 14.6. The summed E-state index contributed by atoms with van der Waals surface area (Å²) in [6, 6.07) is 15.2. The van der Waals surface area contributed by atoms with Crippen LogP contribution in [0.5, 0.6) is 5.75 Å². The molecule has 1 aromatic heterocycles. The van der Waals surface area contributed by atoms with Gasteiger partial charge in [0.25, 0.3) is 0 Å². The van der Waals surface area contributed by atoms with E-state index >= 15 is 0 Å². The van der Waals surface area contributed by atoms with E-state index in [1.807, 2.05) is 53.2 Å². The van der Waals surface area contributed by atoms with Crippen molar-refractivity contribution in [1.29, 1.82) is 0 Å². The van der Waals surface area contributed by atoms with Crippen molar-refractivity contribution in [1.82, 2.24) is 14.8 Å². The zero-order valence-corrected chi connectivity index (χ0v) is 14.9. The zero-order chi connectivity index (χ0) is 16.9. The van der Waals surface area contributed by atoms with Crippen molar-refractivity contribution in [3.63, 3.8) is 0 Å². The molecule has 0 bridgehead atoms. The molecule has 0 aliphatic carbocycles. The van der Waals surface area contributed by atoms with Gasteiger partial charge in [0.2, 0.25) is 0 Å². The first-order valence-corrected chi connectivity index (χ1v) is 8.63. The van der Waals surface area contributed by atoms with Crippen LogP contribution in [0.3, 0.4) is 0 Å². The van der Waals surface area contributed by atoms with E-state index in [0.29, 0.717) is 17.2 Å². The number of nitrogens with zero attached hydrogens (tertiary/aromatic N) is 3. The maximum Gasteiger partial charge on any atom is 0.174 e. The van der Waals surface area contributed by atoms with Gasteiger partial charge in [-0.05, 0) is 42.3 Å². The zero-order valence-electron chi connectivity index (χ0n) is 13.4. The number of rotatable bonds is 5. The molecule has 1 heterocycles. The Bertz CT molecular complexity index is 853. The average molecular weight is 384 g/mol. The van der Waals surface area contributed by atoms with Gasteiger partial charge in [0.05, 0.1) is 5.56 Å². The van der Waals surface area contributed by atoms with Crippen molar-refractivity contribution in [2.75, 3.05) is 0 Å². The Kier molecular flexibility index (Phi) is 5.11. The van der Waals surface area contributed by atoms with E-state index < -0.39 is 0 Å². The molecule has 0 aliphatic rings. The van der Waals surface area contributed by atoms with Gasteiger partial charge in [-0.2, -0.15) is 5.10 Å². The molecule has 1 N–H and O–H groups in total. The number of phenolic OH excluding ortho intramolecular Hbond substituents is 1. The Morgan fingerprint density at radius 1 is 1.08 bits per heavy atom. The minimum absolute atomic E-state index is 0.214. The normalized spacial score (nSPS) is 11.2. The molecule has 4 nitrogen and oxygen atoms in total. The third-order valence-corrected chi connectivity index (χ3v) is 4.09. The van der Waals surface area contributed by atoms with Crippen LogP contribution in [0.25, 0.3) is 23.5 Å². The van der Waals surface area contributed by atoms with Crippen LogP contribution in [-0.4, -0.2) is 19.9 Å². The smallest absolute Gasteiger partial charge is 0.174 e. The number of para-hydroxylation sites is 1. The second-order valence-corrected chi connectivity index (χ2v) is 6.33. The van der Waals surface area contributed by atoms with Gasteiger partial charge in [-0.3, -0.25) is 0 Å². The Hall–Kier alpha value is -2.40. The van der Waals surface area contributed by atoms with E-state index in [2.05, 4.69) is 32.9 Å².